The predicted molar refractivity (Wildman–Crippen MR) is 86.9 cm³/mol. The van der Waals surface area contributed by atoms with Crippen LogP contribution in [-0.2, 0) is 11.3 Å². The van der Waals surface area contributed by atoms with Crippen molar-refractivity contribution in [3.63, 3.8) is 0 Å². The maximum atomic E-state index is 11.0. The van der Waals surface area contributed by atoms with Gasteiger partial charge in [-0.2, -0.15) is 5.26 Å². The van der Waals surface area contributed by atoms with Gasteiger partial charge in [0.1, 0.15) is 6.07 Å². The fraction of sp³-hybridized carbons (Fsp3) is 0.125. The molecule has 0 unspecified atom stereocenters. The van der Waals surface area contributed by atoms with Gasteiger partial charge in [-0.05, 0) is 35.9 Å². The Morgan fingerprint density at radius 2 is 1.95 bits per heavy atom. The van der Waals surface area contributed by atoms with E-state index in [1.165, 1.54) is 6.92 Å². The quantitative estimate of drug-likeness (QED) is 0.884. The molecule has 0 aromatic heterocycles. The lowest BCUT2D eigenvalue weighted by Gasteiger charge is -2.09. The van der Waals surface area contributed by atoms with Gasteiger partial charge in [0.2, 0.25) is 5.91 Å². The second-order valence-corrected chi connectivity index (χ2v) is 5.45. The Balaban J connectivity index is 2.05. The lowest BCUT2D eigenvalue weighted by molar-refractivity contribution is -0.114. The van der Waals surface area contributed by atoms with E-state index in [1.807, 2.05) is 36.4 Å². The van der Waals surface area contributed by atoms with E-state index < -0.39 is 0 Å². The van der Waals surface area contributed by atoms with Crippen LogP contribution in [0.2, 0.25) is 0 Å². The molecule has 4 nitrogen and oxygen atoms in total. The predicted octanol–water partition coefficient (Wildman–Crippen LogP) is 3.89. The van der Waals surface area contributed by atoms with E-state index in [0.717, 1.165) is 21.4 Å². The van der Waals surface area contributed by atoms with Gasteiger partial charge in [0.25, 0.3) is 0 Å². The zero-order valence-corrected chi connectivity index (χ0v) is 13.1. The zero-order valence-electron chi connectivity index (χ0n) is 11.5. The van der Waals surface area contributed by atoms with Crippen molar-refractivity contribution in [3.05, 3.63) is 58.1 Å². The number of nitriles is 1. The summed E-state index contributed by atoms with van der Waals surface area (Å²) >= 11 is 3.39. The van der Waals surface area contributed by atoms with Crippen LogP contribution in [0.4, 0.5) is 11.4 Å². The number of hydrogen-bond acceptors (Lipinski definition) is 3. The maximum absolute atomic E-state index is 11.0. The van der Waals surface area contributed by atoms with Crippen LogP contribution in [0.25, 0.3) is 0 Å². The fourth-order valence-electron chi connectivity index (χ4n) is 1.87. The van der Waals surface area contributed by atoms with Crippen molar-refractivity contribution in [1.29, 1.82) is 5.26 Å². The van der Waals surface area contributed by atoms with E-state index in [0.29, 0.717) is 12.1 Å². The smallest absolute Gasteiger partial charge is 0.221 e. The molecule has 106 valence electrons. The summed E-state index contributed by atoms with van der Waals surface area (Å²) in [5.41, 5.74) is 3.23. The Kier molecular flexibility index (Phi) is 4.96. The number of hydrogen-bond donors (Lipinski definition) is 2. The van der Waals surface area contributed by atoms with Crippen LogP contribution in [0.15, 0.2) is 46.9 Å². The third kappa shape index (κ3) is 4.33. The van der Waals surface area contributed by atoms with Crippen molar-refractivity contribution in [2.75, 3.05) is 10.6 Å². The Labute approximate surface area is 131 Å². The highest BCUT2D eigenvalue weighted by molar-refractivity contribution is 9.10. The summed E-state index contributed by atoms with van der Waals surface area (Å²) in [6.45, 7) is 2.08. The lowest BCUT2D eigenvalue weighted by Crippen LogP contribution is -2.06. The first kappa shape index (κ1) is 15.1. The van der Waals surface area contributed by atoms with Gasteiger partial charge < -0.3 is 10.6 Å². The molecule has 0 saturated heterocycles. The molecule has 2 N–H and O–H groups in total. The minimum absolute atomic E-state index is 0.0892. The molecule has 0 aliphatic carbocycles. The molecule has 0 aliphatic rings. The van der Waals surface area contributed by atoms with Crippen molar-refractivity contribution < 1.29 is 4.79 Å². The SMILES string of the molecule is CC(=O)Nc1ccc(CNc2cc(Br)ccc2C#N)cc1. The molecular formula is C16H14BrN3O. The Bertz CT molecular complexity index is 690. The largest absolute Gasteiger partial charge is 0.380 e. The fourth-order valence-corrected chi connectivity index (χ4v) is 2.23. The van der Waals surface area contributed by atoms with E-state index in [2.05, 4.69) is 32.6 Å². The maximum Gasteiger partial charge on any atom is 0.221 e. The van der Waals surface area contributed by atoms with Gasteiger partial charge in [0.15, 0.2) is 0 Å². The Hall–Kier alpha value is -2.32. The molecule has 0 bridgehead atoms. The minimum Gasteiger partial charge on any atom is -0.380 e. The lowest BCUT2D eigenvalue weighted by atomic mass is 10.1. The van der Waals surface area contributed by atoms with Crippen molar-refractivity contribution in [3.8, 4) is 6.07 Å². The van der Waals surface area contributed by atoms with Gasteiger partial charge in [-0.3, -0.25) is 4.79 Å². The molecule has 2 rings (SSSR count). The number of nitrogens with zero attached hydrogens (tertiary/aromatic N) is 1. The highest BCUT2D eigenvalue weighted by Crippen LogP contribution is 2.21. The third-order valence-corrected chi connectivity index (χ3v) is 3.35. The molecular weight excluding hydrogens is 330 g/mol. The molecule has 0 fully saturated rings. The number of carbonyl (C=O) groups excluding carboxylic acids is 1. The number of carbonyl (C=O) groups is 1. The number of anilines is 2. The molecule has 1 amide bonds. The second kappa shape index (κ2) is 6.91. The minimum atomic E-state index is -0.0892. The van der Waals surface area contributed by atoms with Gasteiger partial charge in [-0.1, -0.05) is 28.1 Å². The summed E-state index contributed by atoms with van der Waals surface area (Å²) in [7, 11) is 0. The van der Waals surface area contributed by atoms with Gasteiger partial charge in [-0.25, -0.2) is 0 Å². The molecule has 5 heteroatoms. The van der Waals surface area contributed by atoms with Crippen LogP contribution in [0.3, 0.4) is 0 Å². The van der Waals surface area contributed by atoms with Gasteiger partial charge in [0, 0.05) is 23.6 Å². The summed E-state index contributed by atoms with van der Waals surface area (Å²) in [6, 6.07) is 15.2. The van der Waals surface area contributed by atoms with E-state index in [-0.39, 0.29) is 5.91 Å². The second-order valence-electron chi connectivity index (χ2n) is 4.53. The average Bonchev–Trinajstić information content (AvgIpc) is 2.46. The first-order valence-electron chi connectivity index (χ1n) is 6.38. The van der Waals surface area contributed by atoms with E-state index in [9.17, 15) is 4.79 Å². The molecule has 2 aromatic rings. The van der Waals surface area contributed by atoms with Crippen LogP contribution in [0.5, 0.6) is 0 Å². The van der Waals surface area contributed by atoms with E-state index in [4.69, 9.17) is 5.26 Å². The highest BCUT2D eigenvalue weighted by atomic mass is 79.9. The molecule has 0 atom stereocenters. The van der Waals surface area contributed by atoms with E-state index >= 15 is 0 Å². The number of benzene rings is 2. The van der Waals surface area contributed by atoms with Crippen molar-refractivity contribution in [2.24, 2.45) is 0 Å². The molecule has 2 aromatic carbocycles. The number of halogens is 1. The summed E-state index contributed by atoms with van der Waals surface area (Å²) in [6.07, 6.45) is 0. The summed E-state index contributed by atoms with van der Waals surface area (Å²) in [4.78, 5) is 11.0. The Morgan fingerprint density at radius 3 is 2.57 bits per heavy atom. The number of amides is 1. The van der Waals surface area contributed by atoms with Crippen LogP contribution >= 0.6 is 15.9 Å². The monoisotopic (exact) mass is 343 g/mol. The van der Waals surface area contributed by atoms with Gasteiger partial charge >= 0.3 is 0 Å². The van der Waals surface area contributed by atoms with Gasteiger partial charge in [0.05, 0.1) is 11.3 Å². The van der Waals surface area contributed by atoms with Crippen LogP contribution in [0, 0.1) is 11.3 Å². The first-order chi connectivity index (χ1) is 10.1. The van der Waals surface area contributed by atoms with Crippen molar-refractivity contribution in [1.82, 2.24) is 0 Å². The Morgan fingerprint density at radius 1 is 1.24 bits per heavy atom. The molecule has 0 aliphatic heterocycles. The van der Waals surface area contributed by atoms with Crippen LogP contribution in [0.1, 0.15) is 18.1 Å². The number of rotatable bonds is 4. The van der Waals surface area contributed by atoms with E-state index in [1.54, 1.807) is 6.07 Å². The molecule has 0 spiro atoms. The van der Waals surface area contributed by atoms with Crippen LogP contribution < -0.4 is 10.6 Å². The first-order valence-corrected chi connectivity index (χ1v) is 7.18. The molecule has 0 heterocycles. The molecule has 0 radical (unpaired) electrons. The summed E-state index contributed by atoms with van der Waals surface area (Å²) in [5.74, 6) is -0.0892. The summed E-state index contributed by atoms with van der Waals surface area (Å²) < 4.78 is 0.921. The topological polar surface area (TPSA) is 64.9 Å². The zero-order chi connectivity index (χ0) is 15.2. The van der Waals surface area contributed by atoms with Crippen LogP contribution in [-0.4, -0.2) is 5.91 Å². The molecule has 21 heavy (non-hydrogen) atoms. The van der Waals surface area contributed by atoms with Crippen molar-refractivity contribution >= 4 is 33.2 Å². The van der Waals surface area contributed by atoms with Gasteiger partial charge in [-0.15, -0.1) is 0 Å². The average molecular weight is 344 g/mol. The standard InChI is InChI=1S/C16H14BrN3O/c1-11(21)20-15-6-2-12(3-7-15)10-19-16-8-14(17)5-4-13(16)9-18/h2-8,19H,10H2,1H3,(H,20,21). The molecule has 0 saturated carbocycles. The van der Waals surface area contributed by atoms with Crippen molar-refractivity contribution in [2.45, 2.75) is 13.5 Å². The normalized spacial score (nSPS) is 9.76. The third-order valence-electron chi connectivity index (χ3n) is 2.86. The highest BCUT2D eigenvalue weighted by Gasteiger charge is 2.03. The number of nitrogens with one attached hydrogen (secondary N) is 2. The summed E-state index contributed by atoms with van der Waals surface area (Å²) in [5, 5.41) is 15.0.